The third-order valence-electron chi connectivity index (χ3n) is 4.79. The summed E-state index contributed by atoms with van der Waals surface area (Å²) in [6.45, 7) is 13.0. The van der Waals surface area contributed by atoms with Gasteiger partial charge in [0.25, 0.3) is 0 Å². The summed E-state index contributed by atoms with van der Waals surface area (Å²) in [6.07, 6.45) is 3.88. The molecule has 3 rings (SSSR count). The van der Waals surface area contributed by atoms with Crippen LogP contribution >= 0.6 is 0 Å². The highest BCUT2D eigenvalue weighted by Gasteiger charge is 2.16. The molecule has 6 heteroatoms. The van der Waals surface area contributed by atoms with Crippen LogP contribution in [-0.4, -0.2) is 58.8 Å². The summed E-state index contributed by atoms with van der Waals surface area (Å²) in [5.74, 6) is 1.11. The molecule has 0 unspecified atom stereocenters. The van der Waals surface area contributed by atoms with Crippen LogP contribution in [0.15, 0.2) is 23.4 Å². The van der Waals surface area contributed by atoms with E-state index in [1.165, 1.54) is 17.0 Å². The molecule has 6 nitrogen and oxygen atoms in total. The molecule has 1 N–H and O–H groups in total. The predicted octanol–water partition coefficient (Wildman–Crippen LogP) is 1.04. The Balaban J connectivity index is 1.85. The third kappa shape index (κ3) is 3.24. The molecule has 1 aliphatic heterocycles. The maximum absolute atomic E-state index is 4.70. The molecular formula is C18H29N6+. The van der Waals surface area contributed by atoms with Crippen LogP contribution in [0.1, 0.15) is 36.8 Å². The molecule has 24 heavy (non-hydrogen) atoms. The maximum atomic E-state index is 4.70. The minimum atomic E-state index is 0.334. The Labute approximate surface area is 144 Å². The minimum Gasteiger partial charge on any atom is -0.334 e. The number of hydrogen-bond donors (Lipinski definition) is 1. The van der Waals surface area contributed by atoms with Crippen molar-refractivity contribution in [1.82, 2.24) is 19.4 Å². The zero-order valence-electron chi connectivity index (χ0n) is 15.5. The van der Waals surface area contributed by atoms with Crippen molar-refractivity contribution in [2.75, 3.05) is 33.2 Å². The molecule has 0 atom stereocenters. The van der Waals surface area contributed by atoms with Crippen molar-refractivity contribution < 1.29 is 4.90 Å². The van der Waals surface area contributed by atoms with Gasteiger partial charge in [-0.2, -0.15) is 10.2 Å². The molecule has 2 aromatic rings. The first kappa shape index (κ1) is 16.8. The van der Waals surface area contributed by atoms with E-state index in [1.807, 2.05) is 12.4 Å². The van der Waals surface area contributed by atoms with E-state index in [0.29, 0.717) is 6.04 Å². The molecule has 3 heterocycles. The molecular weight excluding hydrogens is 300 g/mol. The van der Waals surface area contributed by atoms with Crippen LogP contribution in [0.2, 0.25) is 0 Å². The van der Waals surface area contributed by atoms with E-state index in [2.05, 4.69) is 66.2 Å². The average Bonchev–Trinajstić information content (AvgIpc) is 3.11. The van der Waals surface area contributed by atoms with Crippen LogP contribution in [-0.2, 0) is 0 Å². The Morgan fingerprint density at radius 3 is 2.62 bits per heavy atom. The number of aromatic nitrogens is 3. The van der Waals surface area contributed by atoms with Crippen molar-refractivity contribution in [1.29, 1.82) is 0 Å². The third-order valence-corrected chi connectivity index (χ3v) is 4.79. The number of nitrogens with one attached hydrogen (secondary N) is 1. The van der Waals surface area contributed by atoms with Crippen molar-refractivity contribution in [3.8, 4) is 5.82 Å². The molecule has 0 radical (unpaired) electrons. The fourth-order valence-corrected chi connectivity index (χ4v) is 3.29. The predicted molar refractivity (Wildman–Crippen MR) is 97.2 cm³/mol. The van der Waals surface area contributed by atoms with Gasteiger partial charge in [0.05, 0.1) is 45.6 Å². The molecule has 0 aromatic carbocycles. The monoisotopic (exact) mass is 329 g/mol. The van der Waals surface area contributed by atoms with Crippen LogP contribution in [0, 0.1) is 13.8 Å². The molecule has 0 bridgehead atoms. The average molecular weight is 329 g/mol. The van der Waals surface area contributed by atoms with E-state index < -0.39 is 0 Å². The summed E-state index contributed by atoms with van der Waals surface area (Å²) in [5.41, 5.74) is 3.59. The van der Waals surface area contributed by atoms with Crippen LogP contribution in [0.25, 0.3) is 5.82 Å². The van der Waals surface area contributed by atoms with E-state index in [0.717, 1.165) is 32.0 Å². The second-order valence-electron chi connectivity index (χ2n) is 7.04. The lowest BCUT2D eigenvalue weighted by molar-refractivity contribution is -0.884. The van der Waals surface area contributed by atoms with E-state index in [1.54, 1.807) is 4.90 Å². The molecule has 1 aliphatic rings. The van der Waals surface area contributed by atoms with Crippen molar-refractivity contribution in [3.63, 3.8) is 0 Å². The lowest BCUT2D eigenvalue weighted by atomic mass is 10.3. The molecule has 130 valence electrons. The lowest BCUT2D eigenvalue weighted by Crippen LogP contribution is -3.11. The Bertz CT molecular complexity index is 716. The van der Waals surface area contributed by atoms with Crippen LogP contribution < -0.4 is 4.90 Å². The van der Waals surface area contributed by atoms with Crippen molar-refractivity contribution in [2.24, 2.45) is 5.10 Å². The summed E-state index contributed by atoms with van der Waals surface area (Å²) in [5, 5.41) is 11.3. The van der Waals surface area contributed by atoms with Gasteiger partial charge in [-0.05, 0) is 33.8 Å². The fraction of sp³-hybridized carbons (Fsp3) is 0.556. The first-order valence-corrected chi connectivity index (χ1v) is 8.80. The standard InChI is InChI=1S/C18H28N6/c1-14(2)24-18(6-7-19-24)23-15(3)12-17(16(23)4)13-20-22-10-8-21(5)9-11-22/h6-7,12-14H,8-11H2,1-5H3/p+1/b20-13-. The maximum Gasteiger partial charge on any atom is 0.135 e. The zero-order chi connectivity index (χ0) is 17.3. The first-order chi connectivity index (χ1) is 11.5. The zero-order valence-corrected chi connectivity index (χ0v) is 15.5. The van der Waals surface area contributed by atoms with Crippen LogP contribution in [0.3, 0.4) is 0 Å². The Hall–Kier alpha value is -2.08. The number of hydrazone groups is 1. The molecule has 0 saturated carbocycles. The largest absolute Gasteiger partial charge is 0.334 e. The van der Waals surface area contributed by atoms with E-state index >= 15 is 0 Å². The van der Waals surface area contributed by atoms with Crippen molar-refractivity contribution in [3.05, 3.63) is 35.3 Å². The number of nitrogens with zero attached hydrogens (tertiary/aromatic N) is 5. The molecule has 1 saturated heterocycles. The lowest BCUT2D eigenvalue weighted by Gasteiger charge is -2.27. The Morgan fingerprint density at radius 1 is 1.25 bits per heavy atom. The van der Waals surface area contributed by atoms with Gasteiger partial charge in [-0.3, -0.25) is 5.01 Å². The van der Waals surface area contributed by atoms with Gasteiger partial charge >= 0.3 is 0 Å². The fourth-order valence-electron chi connectivity index (χ4n) is 3.29. The highest BCUT2D eigenvalue weighted by atomic mass is 15.5. The highest BCUT2D eigenvalue weighted by Crippen LogP contribution is 2.21. The van der Waals surface area contributed by atoms with Gasteiger partial charge in [0.1, 0.15) is 5.82 Å². The van der Waals surface area contributed by atoms with Crippen LogP contribution in [0.4, 0.5) is 0 Å². The molecule has 0 amide bonds. The van der Waals surface area contributed by atoms with Gasteiger partial charge < -0.3 is 9.47 Å². The van der Waals surface area contributed by atoms with Crippen LogP contribution in [0.5, 0.6) is 0 Å². The van der Waals surface area contributed by atoms with Gasteiger partial charge in [-0.1, -0.05) is 0 Å². The smallest absolute Gasteiger partial charge is 0.135 e. The van der Waals surface area contributed by atoms with Gasteiger partial charge in [-0.15, -0.1) is 0 Å². The van der Waals surface area contributed by atoms with Crippen molar-refractivity contribution in [2.45, 2.75) is 33.7 Å². The first-order valence-electron chi connectivity index (χ1n) is 8.80. The minimum absolute atomic E-state index is 0.334. The summed E-state index contributed by atoms with van der Waals surface area (Å²) < 4.78 is 4.33. The number of aryl methyl sites for hydroxylation is 1. The van der Waals surface area contributed by atoms with Crippen molar-refractivity contribution >= 4 is 6.21 Å². The van der Waals surface area contributed by atoms with Gasteiger partial charge in [0.2, 0.25) is 0 Å². The summed E-state index contributed by atoms with van der Waals surface area (Å²) in [7, 11) is 2.24. The molecule has 0 spiro atoms. The van der Waals surface area contributed by atoms with Gasteiger partial charge in [0.15, 0.2) is 0 Å². The molecule has 0 aliphatic carbocycles. The SMILES string of the molecule is Cc1cc(/C=N\N2CC[NH+](C)CC2)c(C)n1-c1ccnn1C(C)C. The number of piperazine rings is 1. The number of quaternary nitrogens is 1. The van der Waals surface area contributed by atoms with E-state index in [4.69, 9.17) is 5.10 Å². The topological polar surface area (TPSA) is 42.8 Å². The number of rotatable bonds is 4. The van der Waals surface area contributed by atoms with Gasteiger partial charge in [0, 0.05) is 29.1 Å². The second kappa shape index (κ2) is 6.81. The Kier molecular flexibility index (Phi) is 4.76. The summed E-state index contributed by atoms with van der Waals surface area (Å²) in [6, 6.07) is 4.61. The molecule has 1 fully saturated rings. The quantitative estimate of drug-likeness (QED) is 0.852. The molecule has 2 aromatic heterocycles. The van der Waals surface area contributed by atoms with Gasteiger partial charge in [-0.25, -0.2) is 4.68 Å². The number of hydrogen-bond acceptors (Lipinski definition) is 3. The number of likely N-dealkylation sites (N-methyl/N-ethyl adjacent to an activating group) is 1. The summed E-state index contributed by atoms with van der Waals surface area (Å²) >= 11 is 0. The highest BCUT2D eigenvalue weighted by molar-refractivity contribution is 5.82. The summed E-state index contributed by atoms with van der Waals surface area (Å²) in [4.78, 5) is 1.58. The normalized spacial score (nSPS) is 16.7. The second-order valence-corrected chi connectivity index (χ2v) is 7.04. The Morgan fingerprint density at radius 2 is 1.96 bits per heavy atom. The van der Waals surface area contributed by atoms with E-state index in [9.17, 15) is 0 Å². The van der Waals surface area contributed by atoms with E-state index in [-0.39, 0.29) is 0 Å².